The minimum absolute atomic E-state index is 0.0338. The van der Waals surface area contributed by atoms with Crippen LogP contribution in [0.15, 0.2) is 51.3 Å². The van der Waals surface area contributed by atoms with E-state index in [2.05, 4.69) is 4.98 Å². The maximum Gasteiger partial charge on any atom is 0.338 e. The molecule has 7 nitrogen and oxygen atoms in total. The molecule has 0 aliphatic rings. The van der Waals surface area contributed by atoms with E-state index >= 15 is 0 Å². The summed E-state index contributed by atoms with van der Waals surface area (Å²) < 4.78 is 36.3. The number of nitrogens with zero attached hydrogens (tertiary/aromatic N) is 2. The van der Waals surface area contributed by atoms with Crippen LogP contribution in [0.4, 0.5) is 0 Å². The number of sulfonamides is 1. The molecule has 0 spiro atoms. The Bertz CT molecular complexity index is 1050. The third-order valence-corrected chi connectivity index (χ3v) is 6.51. The molecule has 9 heteroatoms. The van der Waals surface area contributed by atoms with E-state index in [1.807, 2.05) is 17.5 Å². The molecule has 3 rings (SSSR count). The van der Waals surface area contributed by atoms with Gasteiger partial charge in [0.2, 0.25) is 15.9 Å². The number of rotatable bonds is 6. The highest BCUT2D eigenvalue weighted by atomic mass is 32.2. The third kappa shape index (κ3) is 4.10. The van der Waals surface area contributed by atoms with Crippen LogP contribution in [0.1, 0.15) is 21.6 Å². The van der Waals surface area contributed by atoms with Gasteiger partial charge in [0, 0.05) is 14.1 Å². The minimum Gasteiger partial charge on any atom is -0.455 e. The van der Waals surface area contributed by atoms with Gasteiger partial charge in [0.05, 0.1) is 15.3 Å². The standard InChI is InChI=1S/C18H18N2O5S2/c1-12-6-7-14(27(22,23)20(2)3)9-15(12)18(21)25-11-13-10-24-17(19-13)16-5-4-8-26-16/h4-10H,11H2,1-3H3. The number of oxazole rings is 1. The summed E-state index contributed by atoms with van der Waals surface area (Å²) in [5.41, 5.74) is 1.29. The van der Waals surface area contributed by atoms with Crippen LogP contribution in [0.2, 0.25) is 0 Å². The van der Waals surface area contributed by atoms with Crippen molar-refractivity contribution in [3.8, 4) is 10.8 Å². The second-order valence-electron chi connectivity index (χ2n) is 5.96. The second kappa shape index (κ2) is 7.63. The van der Waals surface area contributed by atoms with Crippen molar-refractivity contribution >= 4 is 27.3 Å². The molecule has 2 aromatic heterocycles. The molecule has 0 unspecified atom stereocenters. The molecule has 0 N–H and O–H groups in total. The van der Waals surface area contributed by atoms with Crippen LogP contribution in [0.3, 0.4) is 0 Å². The largest absolute Gasteiger partial charge is 0.455 e. The Hall–Kier alpha value is -2.49. The van der Waals surface area contributed by atoms with Gasteiger partial charge in [-0.2, -0.15) is 0 Å². The number of aromatic nitrogens is 1. The van der Waals surface area contributed by atoms with Crippen LogP contribution < -0.4 is 0 Å². The van der Waals surface area contributed by atoms with Crippen molar-refractivity contribution in [1.29, 1.82) is 0 Å². The molecule has 2 heterocycles. The van der Waals surface area contributed by atoms with Crippen LogP contribution >= 0.6 is 11.3 Å². The molecule has 0 fully saturated rings. The lowest BCUT2D eigenvalue weighted by atomic mass is 10.1. The molecule has 27 heavy (non-hydrogen) atoms. The van der Waals surface area contributed by atoms with E-state index in [0.29, 0.717) is 17.1 Å². The number of benzene rings is 1. The van der Waals surface area contributed by atoms with Gasteiger partial charge in [0.25, 0.3) is 0 Å². The predicted octanol–water partition coefficient (Wildman–Crippen LogP) is 3.32. The Morgan fingerprint density at radius 1 is 1.30 bits per heavy atom. The van der Waals surface area contributed by atoms with Gasteiger partial charge in [0.15, 0.2) is 0 Å². The fourth-order valence-corrected chi connectivity index (χ4v) is 3.88. The molecule has 0 saturated heterocycles. The van der Waals surface area contributed by atoms with Crippen LogP contribution in [-0.2, 0) is 21.4 Å². The highest BCUT2D eigenvalue weighted by Crippen LogP contribution is 2.24. The maximum absolute atomic E-state index is 12.4. The Labute approximate surface area is 161 Å². The Morgan fingerprint density at radius 2 is 2.07 bits per heavy atom. The van der Waals surface area contributed by atoms with Gasteiger partial charge in [-0.1, -0.05) is 12.1 Å². The topological polar surface area (TPSA) is 89.7 Å². The van der Waals surface area contributed by atoms with Crippen molar-refractivity contribution in [3.63, 3.8) is 0 Å². The Morgan fingerprint density at radius 3 is 2.74 bits per heavy atom. The van der Waals surface area contributed by atoms with Crippen LogP contribution in [0, 0.1) is 6.92 Å². The number of ether oxygens (including phenoxy) is 1. The summed E-state index contributed by atoms with van der Waals surface area (Å²) in [5.74, 6) is -0.157. The molecule has 3 aromatic rings. The van der Waals surface area contributed by atoms with Crippen molar-refractivity contribution in [2.45, 2.75) is 18.4 Å². The van der Waals surface area contributed by atoms with Crippen molar-refractivity contribution in [3.05, 3.63) is 58.8 Å². The lowest BCUT2D eigenvalue weighted by Gasteiger charge is -2.13. The van der Waals surface area contributed by atoms with E-state index in [0.717, 1.165) is 9.18 Å². The number of carbonyl (C=O) groups is 1. The number of hydrogen-bond acceptors (Lipinski definition) is 7. The van der Waals surface area contributed by atoms with Gasteiger partial charge in [0.1, 0.15) is 18.6 Å². The molecule has 0 saturated carbocycles. The van der Waals surface area contributed by atoms with E-state index in [4.69, 9.17) is 9.15 Å². The fraction of sp³-hybridized carbons (Fsp3) is 0.222. The predicted molar refractivity (Wildman–Crippen MR) is 101 cm³/mol. The summed E-state index contributed by atoms with van der Waals surface area (Å²) >= 11 is 1.49. The van der Waals surface area contributed by atoms with E-state index < -0.39 is 16.0 Å². The third-order valence-electron chi connectivity index (χ3n) is 3.84. The van der Waals surface area contributed by atoms with Crippen LogP contribution in [0.25, 0.3) is 10.8 Å². The highest BCUT2D eigenvalue weighted by molar-refractivity contribution is 7.89. The molecule has 142 valence electrons. The summed E-state index contributed by atoms with van der Waals surface area (Å²) in [6, 6.07) is 8.14. The Kier molecular flexibility index (Phi) is 5.45. The van der Waals surface area contributed by atoms with Gasteiger partial charge in [-0.15, -0.1) is 11.3 Å². The molecular formula is C18H18N2O5S2. The van der Waals surface area contributed by atoms with Gasteiger partial charge < -0.3 is 9.15 Å². The first-order valence-corrected chi connectivity index (χ1v) is 10.3. The normalized spacial score (nSPS) is 11.7. The van der Waals surface area contributed by atoms with E-state index in [1.165, 1.54) is 43.8 Å². The lowest BCUT2D eigenvalue weighted by Crippen LogP contribution is -2.22. The second-order valence-corrected chi connectivity index (χ2v) is 9.06. The molecule has 0 amide bonds. The van der Waals surface area contributed by atoms with E-state index in [9.17, 15) is 13.2 Å². The quantitative estimate of drug-likeness (QED) is 0.584. The zero-order valence-electron chi connectivity index (χ0n) is 15.0. The van der Waals surface area contributed by atoms with Gasteiger partial charge >= 0.3 is 5.97 Å². The van der Waals surface area contributed by atoms with Crippen molar-refractivity contribution < 1.29 is 22.4 Å². The first kappa shape index (κ1) is 19.3. The first-order chi connectivity index (χ1) is 12.8. The molecular weight excluding hydrogens is 388 g/mol. The van der Waals surface area contributed by atoms with Crippen LogP contribution in [0.5, 0.6) is 0 Å². The fourth-order valence-electron chi connectivity index (χ4n) is 2.30. The minimum atomic E-state index is -3.64. The maximum atomic E-state index is 12.4. The van der Waals surface area contributed by atoms with Gasteiger partial charge in [-0.05, 0) is 36.1 Å². The number of carbonyl (C=O) groups excluding carboxylic acids is 1. The summed E-state index contributed by atoms with van der Waals surface area (Å²) in [4.78, 5) is 17.6. The highest BCUT2D eigenvalue weighted by Gasteiger charge is 2.21. The smallest absolute Gasteiger partial charge is 0.338 e. The molecule has 0 aliphatic carbocycles. The number of aryl methyl sites for hydroxylation is 1. The first-order valence-electron chi connectivity index (χ1n) is 7.97. The molecule has 0 atom stereocenters. The van der Waals surface area contributed by atoms with Crippen LogP contribution in [-0.4, -0.2) is 37.8 Å². The molecule has 1 aromatic carbocycles. The zero-order chi connectivity index (χ0) is 19.6. The van der Waals surface area contributed by atoms with E-state index in [1.54, 1.807) is 13.0 Å². The van der Waals surface area contributed by atoms with Gasteiger partial charge in [-0.25, -0.2) is 22.5 Å². The average molecular weight is 406 g/mol. The summed E-state index contributed by atoms with van der Waals surface area (Å²) in [5, 5.41) is 1.91. The molecule has 0 aliphatic heterocycles. The monoisotopic (exact) mass is 406 g/mol. The summed E-state index contributed by atoms with van der Waals surface area (Å²) in [6.07, 6.45) is 1.43. The molecule has 0 radical (unpaired) electrons. The van der Waals surface area contributed by atoms with E-state index in [-0.39, 0.29) is 17.1 Å². The lowest BCUT2D eigenvalue weighted by molar-refractivity contribution is 0.0466. The molecule has 0 bridgehead atoms. The van der Waals surface area contributed by atoms with Crippen molar-refractivity contribution in [2.75, 3.05) is 14.1 Å². The summed E-state index contributed by atoms with van der Waals surface area (Å²) in [7, 11) is -0.772. The number of thiophene rings is 1. The number of esters is 1. The van der Waals surface area contributed by atoms with Gasteiger partial charge in [-0.3, -0.25) is 0 Å². The van der Waals surface area contributed by atoms with Crippen molar-refractivity contribution in [2.24, 2.45) is 0 Å². The zero-order valence-corrected chi connectivity index (χ0v) is 16.6. The average Bonchev–Trinajstić information content (AvgIpc) is 3.31. The van der Waals surface area contributed by atoms with Crippen molar-refractivity contribution in [1.82, 2.24) is 9.29 Å². The number of hydrogen-bond donors (Lipinski definition) is 0. The SMILES string of the molecule is Cc1ccc(S(=O)(=O)N(C)C)cc1C(=O)OCc1coc(-c2cccs2)n1. The summed E-state index contributed by atoms with van der Waals surface area (Å²) in [6.45, 7) is 1.64. The Balaban J connectivity index is 1.75.